The second kappa shape index (κ2) is 6.55. The summed E-state index contributed by atoms with van der Waals surface area (Å²) in [6.45, 7) is 2.53. The third-order valence-corrected chi connectivity index (χ3v) is 2.80. The predicted molar refractivity (Wildman–Crippen MR) is 79.0 cm³/mol. The van der Waals surface area contributed by atoms with Crippen LogP contribution < -0.4 is 5.32 Å². The zero-order chi connectivity index (χ0) is 13.5. The van der Waals surface area contributed by atoms with E-state index in [2.05, 4.69) is 5.32 Å². The van der Waals surface area contributed by atoms with Gasteiger partial charge in [0.1, 0.15) is 0 Å². The van der Waals surface area contributed by atoms with E-state index in [9.17, 15) is 4.79 Å². The highest BCUT2D eigenvalue weighted by Crippen LogP contribution is 2.03. The molecule has 1 amide bonds. The molecule has 0 unspecified atom stereocenters. The van der Waals surface area contributed by atoms with Gasteiger partial charge in [0.25, 0.3) is 5.91 Å². The SMILES string of the molecule is Cc1ccc(C(=O)NC/C=C/c2ccccc2)cc1. The maximum Gasteiger partial charge on any atom is 0.251 e. The Morgan fingerprint density at radius 1 is 1.05 bits per heavy atom. The Morgan fingerprint density at radius 3 is 2.42 bits per heavy atom. The van der Waals surface area contributed by atoms with Gasteiger partial charge in [-0.1, -0.05) is 60.2 Å². The van der Waals surface area contributed by atoms with Gasteiger partial charge in [-0.3, -0.25) is 4.79 Å². The molecule has 0 aromatic heterocycles. The molecule has 0 radical (unpaired) electrons. The first-order chi connectivity index (χ1) is 9.25. The van der Waals surface area contributed by atoms with Crippen LogP contribution in [0.15, 0.2) is 60.7 Å². The highest BCUT2D eigenvalue weighted by Gasteiger charge is 2.02. The molecule has 2 rings (SSSR count). The van der Waals surface area contributed by atoms with Crippen molar-refractivity contribution in [2.75, 3.05) is 6.54 Å². The van der Waals surface area contributed by atoms with Crippen LogP contribution in [-0.4, -0.2) is 12.5 Å². The maximum absolute atomic E-state index is 11.8. The molecule has 0 aliphatic rings. The molecule has 0 saturated heterocycles. The van der Waals surface area contributed by atoms with E-state index < -0.39 is 0 Å². The molecule has 19 heavy (non-hydrogen) atoms. The molecule has 2 aromatic rings. The average molecular weight is 251 g/mol. The Labute approximate surface area is 113 Å². The third-order valence-electron chi connectivity index (χ3n) is 2.80. The normalized spacial score (nSPS) is 10.6. The lowest BCUT2D eigenvalue weighted by Gasteiger charge is -2.02. The first-order valence-electron chi connectivity index (χ1n) is 6.32. The lowest BCUT2D eigenvalue weighted by Crippen LogP contribution is -2.23. The molecule has 2 nitrogen and oxygen atoms in total. The Hall–Kier alpha value is -2.35. The van der Waals surface area contributed by atoms with Crippen LogP contribution in [0.5, 0.6) is 0 Å². The average Bonchev–Trinajstić information content (AvgIpc) is 2.45. The van der Waals surface area contributed by atoms with Gasteiger partial charge < -0.3 is 5.32 Å². The summed E-state index contributed by atoms with van der Waals surface area (Å²) in [5.74, 6) is -0.0438. The highest BCUT2D eigenvalue weighted by atomic mass is 16.1. The molecule has 2 heteroatoms. The number of hydrogen-bond acceptors (Lipinski definition) is 1. The fraction of sp³-hybridized carbons (Fsp3) is 0.118. The Morgan fingerprint density at radius 2 is 1.74 bits per heavy atom. The summed E-state index contributed by atoms with van der Waals surface area (Å²) in [7, 11) is 0. The third kappa shape index (κ3) is 4.11. The Bertz CT molecular complexity index is 556. The van der Waals surface area contributed by atoms with Gasteiger partial charge in [-0.2, -0.15) is 0 Å². The summed E-state index contributed by atoms with van der Waals surface area (Å²) in [6.07, 6.45) is 3.94. The number of rotatable bonds is 4. The minimum atomic E-state index is -0.0438. The van der Waals surface area contributed by atoms with Crippen LogP contribution in [0.25, 0.3) is 6.08 Å². The van der Waals surface area contributed by atoms with Gasteiger partial charge in [-0.05, 0) is 24.6 Å². The molecule has 0 aliphatic heterocycles. The lowest BCUT2D eigenvalue weighted by atomic mass is 10.1. The molecule has 0 bridgehead atoms. The molecule has 0 spiro atoms. The van der Waals surface area contributed by atoms with Gasteiger partial charge >= 0.3 is 0 Å². The van der Waals surface area contributed by atoms with E-state index in [-0.39, 0.29) is 5.91 Å². The van der Waals surface area contributed by atoms with Crippen LogP contribution >= 0.6 is 0 Å². The molecule has 0 saturated carbocycles. The highest BCUT2D eigenvalue weighted by molar-refractivity contribution is 5.94. The van der Waals surface area contributed by atoms with E-state index in [1.165, 1.54) is 0 Å². The molecule has 0 heterocycles. The van der Waals surface area contributed by atoms with Crippen LogP contribution in [0.1, 0.15) is 21.5 Å². The van der Waals surface area contributed by atoms with Crippen LogP contribution in [0.2, 0.25) is 0 Å². The van der Waals surface area contributed by atoms with E-state index in [4.69, 9.17) is 0 Å². The van der Waals surface area contributed by atoms with Crippen molar-refractivity contribution < 1.29 is 4.79 Å². The van der Waals surface area contributed by atoms with Crippen LogP contribution in [0.4, 0.5) is 0 Å². The Kier molecular flexibility index (Phi) is 4.51. The first kappa shape index (κ1) is 13.1. The van der Waals surface area contributed by atoms with Crippen molar-refractivity contribution >= 4 is 12.0 Å². The largest absolute Gasteiger partial charge is 0.349 e. The van der Waals surface area contributed by atoms with Crippen LogP contribution in [0.3, 0.4) is 0 Å². The van der Waals surface area contributed by atoms with E-state index in [0.29, 0.717) is 12.1 Å². The number of benzene rings is 2. The molecule has 2 aromatic carbocycles. The van der Waals surface area contributed by atoms with Crippen molar-refractivity contribution in [3.8, 4) is 0 Å². The molecule has 0 aliphatic carbocycles. The minimum absolute atomic E-state index is 0.0438. The van der Waals surface area contributed by atoms with Crippen LogP contribution in [0, 0.1) is 6.92 Å². The molecule has 96 valence electrons. The summed E-state index contributed by atoms with van der Waals surface area (Å²) in [6, 6.07) is 17.6. The second-order valence-corrected chi connectivity index (χ2v) is 4.39. The number of amides is 1. The number of carbonyl (C=O) groups excluding carboxylic acids is 1. The van der Waals surface area contributed by atoms with Crippen molar-refractivity contribution in [2.24, 2.45) is 0 Å². The summed E-state index contributed by atoms with van der Waals surface area (Å²) >= 11 is 0. The summed E-state index contributed by atoms with van der Waals surface area (Å²) < 4.78 is 0. The summed E-state index contributed by atoms with van der Waals surface area (Å²) in [5.41, 5.74) is 2.98. The number of hydrogen-bond donors (Lipinski definition) is 1. The van der Waals surface area contributed by atoms with E-state index in [1.54, 1.807) is 0 Å². The van der Waals surface area contributed by atoms with Gasteiger partial charge in [0.15, 0.2) is 0 Å². The van der Waals surface area contributed by atoms with Gasteiger partial charge in [0.05, 0.1) is 0 Å². The van der Waals surface area contributed by atoms with E-state index in [0.717, 1.165) is 11.1 Å². The molecule has 0 fully saturated rings. The monoisotopic (exact) mass is 251 g/mol. The smallest absolute Gasteiger partial charge is 0.251 e. The standard InChI is InChI=1S/C17H17NO/c1-14-9-11-16(12-10-14)17(19)18-13-5-8-15-6-3-2-4-7-15/h2-12H,13H2,1H3,(H,18,19)/b8-5+. The Balaban J connectivity index is 1.84. The first-order valence-corrected chi connectivity index (χ1v) is 6.32. The molecule has 0 atom stereocenters. The maximum atomic E-state index is 11.8. The zero-order valence-electron chi connectivity index (χ0n) is 11.0. The van der Waals surface area contributed by atoms with Gasteiger partial charge in [0.2, 0.25) is 0 Å². The predicted octanol–water partition coefficient (Wildman–Crippen LogP) is 3.44. The second-order valence-electron chi connectivity index (χ2n) is 4.39. The summed E-state index contributed by atoms with van der Waals surface area (Å²) in [5, 5.41) is 2.86. The quantitative estimate of drug-likeness (QED) is 0.886. The fourth-order valence-electron chi connectivity index (χ4n) is 1.72. The minimum Gasteiger partial charge on any atom is -0.349 e. The van der Waals surface area contributed by atoms with E-state index in [1.807, 2.05) is 73.7 Å². The fourth-order valence-corrected chi connectivity index (χ4v) is 1.72. The lowest BCUT2D eigenvalue weighted by molar-refractivity contribution is 0.0958. The van der Waals surface area contributed by atoms with Gasteiger partial charge in [-0.15, -0.1) is 0 Å². The molecular formula is C17H17NO. The number of aryl methyl sites for hydroxylation is 1. The van der Waals surface area contributed by atoms with Crippen molar-refractivity contribution in [3.63, 3.8) is 0 Å². The van der Waals surface area contributed by atoms with Gasteiger partial charge in [0, 0.05) is 12.1 Å². The van der Waals surface area contributed by atoms with Crippen molar-refractivity contribution in [2.45, 2.75) is 6.92 Å². The topological polar surface area (TPSA) is 29.1 Å². The van der Waals surface area contributed by atoms with Gasteiger partial charge in [-0.25, -0.2) is 0 Å². The number of carbonyl (C=O) groups is 1. The molecular weight excluding hydrogens is 234 g/mol. The van der Waals surface area contributed by atoms with Crippen molar-refractivity contribution in [1.82, 2.24) is 5.32 Å². The van der Waals surface area contributed by atoms with E-state index >= 15 is 0 Å². The van der Waals surface area contributed by atoms with Crippen molar-refractivity contribution in [1.29, 1.82) is 0 Å². The zero-order valence-corrected chi connectivity index (χ0v) is 11.0. The molecule has 1 N–H and O–H groups in total. The number of nitrogens with one attached hydrogen (secondary N) is 1. The van der Waals surface area contributed by atoms with Crippen LogP contribution in [-0.2, 0) is 0 Å². The van der Waals surface area contributed by atoms with Crippen molar-refractivity contribution in [3.05, 3.63) is 77.4 Å². The summed E-state index contributed by atoms with van der Waals surface area (Å²) in [4.78, 5) is 11.8.